The van der Waals surface area contributed by atoms with Crippen LogP contribution in [0.3, 0.4) is 0 Å². The third-order valence-corrected chi connectivity index (χ3v) is 3.64. The van der Waals surface area contributed by atoms with Crippen LogP contribution in [0.25, 0.3) is 0 Å². The first kappa shape index (κ1) is 12.4. The molecule has 1 aromatic rings. The number of ether oxygens (including phenoxy) is 1. The molecule has 0 spiro atoms. The summed E-state index contributed by atoms with van der Waals surface area (Å²) in [6, 6.07) is 4.35. The van der Waals surface area contributed by atoms with Crippen LogP contribution in [-0.2, 0) is 0 Å². The van der Waals surface area contributed by atoms with Crippen molar-refractivity contribution in [3.8, 4) is 5.75 Å². The summed E-state index contributed by atoms with van der Waals surface area (Å²) in [5.41, 5.74) is 0.576. The van der Waals surface area contributed by atoms with Gasteiger partial charge in [0.2, 0.25) is 0 Å². The number of hydrogen-bond donors (Lipinski definition) is 1. The SMILES string of the molecule is CCC(CC)C1C[C@H](O)c2cc(F)ccc2O1. The summed E-state index contributed by atoms with van der Waals surface area (Å²) in [5.74, 6) is 0.747. The van der Waals surface area contributed by atoms with Gasteiger partial charge in [-0.2, -0.15) is 0 Å². The zero-order chi connectivity index (χ0) is 12.4. The van der Waals surface area contributed by atoms with Crippen LogP contribution in [0.1, 0.15) is 44.8 Å². The van der Waals surface area contributed by atoms with Crippen LogP contribution in [-0.4, -0.2) is 11.2 Å². The van der Waals surface area contributed by atoms with E-state index in [1.807, 2.05) is 0 Å². The Balaban J connectivity index is 2.24. The summed E-state index contributed by atoms with van der Waals surface area (Å²) < 4.78 is 19.0. The molecule has 0 aliphatic carbocycles. The molecule has 0 bridgehead atoms. The lowest BCUT2D eigenvalue weighted by molar-refractivity contribution is 0.0314. The molecule has 0 saturated carbocycles. The van der Waals surface area contributed by atoms with E-state index < -0.39 is 6.10 Å². The second-order valence-electron chi connectivity index (χ2n) is 4.67. The minimum atomic E-state index is -0.611. The Bertz CT molecular complexity index is 388. The lowest BCUT2D eigenvalue weighted by Crippen LogP contribution is -2.32. The molecule has 0 aromatic heterocycles. The molecule has 0 amide bonds. The van der Waals surface area contributed by atoms with Crippen LogP contribution in [0.4, 0.5) is 4.39 Å². The molecule has 1 aliphatic heterocycles. The van der Waals surface area contributed by atoms with Gasteiger partial charge in [-0.25, -0.2) is 4.39 Å². The van der Waals surface area contributed by atoms with E-state index in [0.717, 1.165) is 12.8 Å². The standard InChI is InChI=1S/C14H19FO2/c1-3-9(4-2)14-8-12(16)11-7-10(15)5-6-13(11)17-14/h5-7,9,12,14,16H,3-4,8H2,1-2H3/t12-,14?/m0/s1. The smallest absolute Gasteiger partial charge is 0.125 e. The van der Waals surface area contributed by atoms with Gasteiger partial charge in [-0.05, 0) is 37.0 Å². The van der Waals surface area contributed by atoms with Crippen molar-refractivity contribution in [2.75, 3.05) is 0 Å². The van der Waals surface area contributed by atoms with Crippen molar-refractivity contribution in [3.05, 3.63) is 29.6 Å². The normalized spacial score (nSPS) is 23.4. The number of hydrogen-bond acceptors (Lipinski definition) is 2. The molecule has 1 N–H and O–H groups in total. The van der Waals surface area contributed by atoms with Gasteiger partial charge in [0.1, 0.15) is 17.7 Å². The van der Waals surface area contributed by atoms with Crippen molar-refractivity contribution in [2.24, 2.45) is 5.92 Å². The van der Waals surface area contributed by atoms with E-state index in [1.165, 1.54) is 12.1 Å². The highest BCUT2D eigenvalue weighted by atomic mass is 19.1. The number of fused-ring (bicyclic) bond motifs is 1. The Morgan fingerprint density at radius 2 is 2.12 bits per heavy atom. The molecule has 2 atom stereocenters. The van der Waals surface area contributed by atoms with Crippen molar-refractivity contribution in [2.45, 2.75) is 45.3 Å². The van der Waals surface area contributed by atoms with E-state index in [-0.39, 0.29) is 11.9 Å². The Hall–Kier alpha value is -1.09. The Labute approximate surface area is 101 Å². The van der Waals surface area contributed by atoms with Crippen LogP contribution in [0.15, 0.2) is 18.2 Å². The summed E-state index contributed by atoms with van der Waals surface area (Å²) in [6.45, 7) is 4.26. The number of halogens is 1. The predicted molar refractivity (Wildman–Crippen MR) is 64.5 cm³/mol. The van der Waals surface area contributed by atoms with Gasteiger partial charge in [-0.15, -0.1) is 0 Å². The minimum Gasteiger partial charge on any atom is -0.490 e. The molecule has 1 aromatic carbocycles. The molecule has 3 heteroatoms. The maximum atomic E-state index is 13.1. The van der Waals surface area contributed by atoms with Crippen LogP contribution >= 0.6 is 0 Å². The highest BCUT2D eigenvalue weighted by Crippen LogP contribution is 2.38. The van der Waals surface area contributed by atoms with Gasteiger partial charge in [0.05, 0.1) is 6.10 Å². The van der Waals surface area contributed by atoms with Crippen LogP contribution < -0.4 is 4.74 Å². The molecular formula is C14H19FO2. The van der Waals surface area contributed by atoms with Crippen molar-refractivity contribution in [1.29, 1.82) is 0 Å². The van der Waals surface area contributed by atoms with Crippen molar-refractivity contribution in [3.63, 3.8) is 0 Å². The van der Waals surface area contributed by atoms with Gasteiger partial charge in [-0.3, -0.25) is 0 Å². The molecular weight excluding hydrogens is 219 g/mol. The highest BCUT2D eigenvalue weighted by molar-refractivity contribution is 5.37. The molecule has 1 unspecified atom stereocenters. The van der Waals surface area contributed by atoms with Gasteiger partial charge < -0.3 is 9.84 Å². The number of aliphatic hydroxyl groups is 1. The van der Waals surface area contributed by atoms with E-state index >= 15 is 0 Å². The first-order valence-corrected chi connectivity index (χ1v) is 6.29. The van der Waals surface area contributed by atoms with E-state index in [4.69, 9.17) is 4.74 Å². The molecule has 0 saturated heterocycles. The first-order chi connectivity index (χ1) is 8.15. The summed E-state index contributed by atoms with van der Waals surface area (Å²) in [7, 11) is 0. The fourth-order valence-electron chi connectivity index (χ4n) is 2.55. The molecule has 1 aliphatic rings. The average molecular weight is 238 g/mol. The summed E-state index contributed by atoms with van der Waals surface area (Å²) in [4.78, 5) is 0. The zero-order valence-electron chi connectivity index (χ0n) is 10.3. The predicted octanol–water partition coefficient (Wildman–Crippen LogP) is 3.45. The molecule has 17 heavy (non-hydrogen) atoms. The van der Waals surface area contributed by atoms with Crippen molar-refractivity contribution >= 4 is 0 Å². The number of rotatable bonds is 3. The first-order valence-electron chi connectivity index (χ1n) is 6.29. The van der Waals surface area contributed by atoms with Crippen LogP contribution in [0, 0.1) is 11.7 Å². The Morgan fingerprint density at radius 1 is 1.41 bits per heavy atom. The lowest BCUT2D eigenvalue weighted by Gasteiger charge is -2.34. The van der Waals surface area contributed by atoms with Crippen LogP contribution in [0.2, 0.25) is 0 Å². The average Bonchev–Trinajstić information content (AvgIpc) is 2.32. The maximum absolute atomic E-state index is 13.1. The van der Waals surface area contributed by atoms with E-state index in [0.29, 0.717) is 23.7 Å². The van der Waals surface area contributed by atoms with Gasteiger partial charge in [0.15, 0.2) is 0 Å². The lowest BCUT2D eigenvalue weighted by atomic mass is 9.88. The fraction of sp³-hybridized carbons (Fsp3) is 0.571. The molecule has 0 radical (unpaired) electrons. The maximum Gasteiger partial charge on any atom is 0.125 e. The summed E-state index contributed by atoms with van der Waals surface area (Å²) in [6.07, 6.45) is 2.05. The fourth-order valence-corrected chi connectivity index (χ4v) is 2.55. The van der Waals surface area contributed by atoms with Crippen LogP contribution in [0.5, 0.6) is 5.75 Å². The number of benzene rings is 1. The second-order valence-corrected chi connectivity index (χ2v) is 4.67. The van der Waals surface area contributed by atoms with Gasteiger partial charge in [-0.1, -0.05) is 13.8 Å². The Morgan fingerprint density at radius 3 is 2.76 bits per heavy atom. The third-order valence-electron chi connectivity index (χ3n) is 3.64. The summed E-state index contributed by atoms with van der Waals surface area (Å²) >= 11 is 0. The second kappa shape index (κ2) is 5.05. The summed E-state index contributed by atoms with van der Waals surface area (Å²) in [5, 5.41) is 10.0. The largest absolute Gasteiger partial charge is 0.490 e. The van der Waals surface area contributed by atoms with Crippen molar-refractivity contribution in [1.82, 2.24) is 0 Å². The monoisotopic (exact) mass is 238 g/mol. The van der Waals surface area contributed by atoms with E-state index in [1.54, 1.807) is 6.07 Å². The topological polar surface area (TPSA) is 29.5 Å². The van der Waals surface area contributed by atoms with Gasteiger partial charge in [0.25, 0.3) is 0 Å². The third kappa shape index (κ3) is 2.44. The quantitative estimate of drug-likeness (QED) is 0.874. The molecule has 94 valence electrons. The van der Waals surface area contributed by atoms with Crippen molar-refractivity contribution < 1.29 is 14.2 Å². The molecule has 2 rings (SSSR count). The number of aliphatic hydroxyl groups excluding tert-OH is 1. The molecule has 2 nitrogen and oxygen atoms in total. The Kier molecular flexibility index (Phi) is 3.67. The van der Waals surface area contributed by atoms with Gasteiger partial charge >= 0.3 is 0 Å². The van der Waals surface area contributed by atoms with E-state index in [2.05, 4.69) is 13.8 Å². The highest BCUT2D eigenvalue weighted by Gasteiger charge is 2.31. The minimum absolute atomic E-state index is 0.0398. The zero-order valence-corrected chi connectivity index (χ0v) is 10.3. The molecule has 0 fully saturated rings. The van der Waals surface area contributed by atoms with Gasteiger partial charge in [0, 0.05) is 12.0 Å². The van der Waals surface area contributed by atoms with E-state index in [9.17, 15) is 9.50 Å². The molecule has 1 heterocycles.